The highest BCUT2D eigenvalue weighted by Crippen LogP contribution is 2.46. The van der Waals surface area contributed by atoms with E-state index in [0.29, 0.717) is 25.3 Å². The number of likely N-dealkylation sites (tertiary alicyclic amines) is 1. The largest absolute Gasteiger partial charge is 0.458 e. The zero-order chi connectivity index (χ0) is 24.8. The van der Waals surface area contributed by atoms with Gasteiger partial charge in [-0.2, -0.15) is 32.3 Å². The van der Waals surface area contributed by atoms with E-state index in [1.54, 1.807) is 0 Å². The number of alkyl halides is 5. The molecule has 0 bridgehead atoms. The normalized spacial score (nSPS) is 21.3. The van der Waals surface area contributed by atoms with Crippen LogP contribution in [0.1, 0.15) is 29.5 Å². The number of benzene rings is 1. The van der Waals surface area contributed by atoms with Crippen LogP contribution in [0.3, 0.4) is 0 Å². The van der Waals surface area contributed by atoms with Gasteiger partial charge in [-0.1, -0.05) is 24.3 Å². The third kappa shape index (κ3) is 4.31. The summed E-state index contributed by atoms with van der Waals surface area (Å²) in [5.41, 5.74) is 1.15. The summed E-state index contributed by atoms with van der Waals surface area (Å²) in [6.45, 7) is 3.86. The molecular formula is C24H23F5N6. The first-order valence-corrected chi connectivity index (χ1v) is 11.3. The van der Waals surface area contributed by atoms with Crippen LogP contribution >= 0.6 is 0 Å². The molecule has 2 aromatic heterocycles. The molecule has 1 aromatic carbocycles. The van der Waals surface area contributed by atoms with E-state index in [4.69, 9.17) is 5.26 Å². The lowest BCUT2D eigenvalue weighted by atomic mass is 9.86. The Morgan fingerprint density at radius 1 is 1.00 bits per heavy atom. The van der Waals surface area contributed by atoms with Crippen LogP contribution < -0.4 is 4.90 Å². The molecule has 0 amide bonds. The van der Waals surface area contributed by atoms with E-state index in [2.05, 4.69) is 21.1 Å². The first-order chi connectivity index (χ1) is 16.6. The van der Waals surface area contributed by atoms with E-state index >= 15 is 0 Å². The Morgan fingerprint density at radius 3 is 2.43 bits per heavy atom. The lowest BCUT2D eigenvalue weighted by Crippen LogP contribution is -2.33. The van der Waals surface area contributed by atoms with Crippen molar-refractivity contribution in [2.24, 2.45) is 5.41 Å². The number of aromatic nitrogens is 3. The van der Waals surface area contributed by atoms with E-state index in [9.17, 15) is 22.0 Å². The summed E-state index contributed by atoms with van der Waals surface area (Å²) in [5.74, 6) is -4.60. The third-order valence-electron chi connectivity index (χ3n) is 7.07. The maximum Gasteiger partial charge on any atom is 0.458 e. The summed E-state index contributed by atoms with van der Waals surface area (Å²) in [4.78, 5) is 8.58. The molecule has 1 atom stereocenters. The maximum absolute atomic E-state index is 13.9. The van der Waals surface area contributed by atoms with Gasteiger partial charge in [-0.05, 0) is 36.6 Å². The molecule has 11 heteroatoms. The highest BCUT2D eigenvalue weighted by atomic mass is 19.4. The summed E-state index contributed by atoms with van der Waals surface area (Å²) in [5, 5.41) is 12.7. The molecule has 3 aromatic rings. The standard InChI is InChI=1S/C24H23F5N6/c25-23(26,24(27,28)29)19-11-20-21(31-16-32-35(20)13-19)34-10-7-22(15-34)6-9-33(14-22)12-18-3-1-17(2-4-18)5-8-30/h1-4,11,13,16H,5-7,9-10,12,14-15H2. The molecule has 184 valence electrons. The Balaban J connectivity index is 1.30. The van der Waals surface area contributed by atoms with Gasteiger partial charge in [-0.15, -0.1) is 0 Å². The van der Waals surface area contributed by atoms with Crippen molar-refractivity contribution in [2.75, 3.05) is 31.1 Å². The van der Waals surface area contributed by atoms with Gasteiger partial charge in [0.15, 0.2) is 5.82 Å². The second kappa shape index (κ2) is 8.45. The fraction of sp³-hybridized carbons (Fsp3) is 0.458. The highest BCUT2D eigenvalue weighted by Gasteiger charge is 2.59. The zero-order valence-electron chi connectivity index (χ0n) is 18.8. The molecule has 0 aliphatic carbocycles. The molecule has 0 radical (unpaired) electrons. The molecule has 0 saturated carbocycles. The monoisotopic (exact) mass is 490 g/mol. The SMILES string of the molecule is N#CCc1ccc(CN2CCC3(CCN(c4ncnn5cc(C(F)(F)C(F)(F)F)cc45)C3)C2)cc1. The molecular weight excluding hydrogens is 467 g/mol. The molecule has 35 heavy (non-hydrogen) atoms. The van der Waals surface area contributed by atoms with Crippen molar-refractivity contribution < 1.29 is 22.0 Å². The number of anilines is 1. The van der Waals surface area contributed by atoms with Gasteiger partial charge in [0.1, 0.15) is 11.8 Å². The summed E-state index contributed by atoms with van der Waals surface area (Å²) >= 11 is 0. The predicted molar refractivity (Wildman–Crippen MR) is 118 cm³/mol. The van der Waals surface area contributed by atoms with Gasteiger partial charge < -0.3 is 4.90 Å². The second-order valence-corrected chi connectivity index (χ2v) is 9.50. The molecule has 2 aliphatic rings. The molecule has 4 heterocycles. The molecule has 2 aliphatic heterocycles. The summed E-state index contributed by atoms with van der Waals surface area (Å²) in [7, 11) is 0. The quantitative estimate of drug-likeness (QED) is 0.491. The van der Waals surface area contributed by atoms with Crippen LogP contribution in [-0.4, -0.2) is 51.9 Å². The molecule has 2 saturated heterocycles. The minimum atomic E-state index is -5.69. The van der Waals surface area contributed by atoms with Gasteiger partial charge in [0.05, 0.1) is 18.1 Å². The zero-order valence-corrected chi connectivity index (χ0v) is 18.8. The van der Waals surface area contributed by atoms with Crippen LogP contribution in [0.4, 0.5) is 27.8 Å². The van der Waals surface area contributed by atoms with Crippen molar-refractivity contribution in [3.63, 3.8) is 0 Å². The van der Waals surface area contributed by atoms with Gasteiger partial charge in [-0.3, -0.25) is 4.90 Å². The number of fused-ring (bicyclic) bond motifs is 1. The van der Waals surface area contributed by atoms with Gasteiger partial charge in [0.25, 0.3) is 0 Å². The van der Waals surface area contributed by atoms with Crippen LogP contribution in [0, 0.1) is 16.7 Å². The first-order valence-electron chi connectivity index (χ1n) is 11.3. The lowest BCUT2D eigenvalue weighted by Gasteiger charge is -2.25. The van der Waals surface area contributed by atoms with E-state index < -0.39 is 17.7 Å². The summed E-state index contributed by atoms with van der Waals surface area (Å²) in [6.07, 6.45) is -1.55. The number of halogens is 5. The topological polar surface area (TPSA) is 60.5 Å². The molecule has 6 nitrogen and oxygen atoms in total. The number of nitriles is 1. The predicted octanol–water partition coefficient (Wildman–Crippen LogP) is 4.55. The van der Waals surface area contributed by atoms with Crippen LogP contribution in [0.5, 0.6) is 0 Å². The highest BCUT2D eigenvalue weighted by molar-refractivity contribution is 5.70. The van der Waals surface area contributed by atoms with E-state index in [1.165, 1.54) is 11.9 Å². The smallest absolute Gasteiger partial charge is 0.354 e. The fourth-order valence-corrected chi connectivity index (χ4v) is 5.22. The maximum atomic E-state index is 13.9. The minimum Gasteiger partial charge on any atom is -0.354 e. The molecule has 1 unspecified atom stereocenters. The van der Waals surface area contributed by atoms with E-state index in [1.807, 2.05) is 29.2 Å². The average molecular weight is 490 g/mol. The van der Waals surface area contributed by atoms with Crippen molar-refractivity contribution in [3.05, 3.63) is 59.5 Å². The Bertz CT molecular complexity index is 1260. The summed E-state index contributed by atoms with van der Waals surface area (Å²) in [6, 6.07) is 11.0. The number of nitrogens with zero attached hydrogens (tertiary/aromatic N) is 6. The van der Waals surface area contributed by atoms with E-state index in [0.717, 1.165) is 54.8 Å². The summed E-state index contributed by atoms with van der Waals surface area (Å²) < 4.78 is 67.5. The van der Waals surface area contributed by atoms with Crippen molar-refractivity contribution in [2.45, 2.75) is 37.9 Å². The Labute approximate surface area is 198 Å². The lowest BCUT2D eigenvalue weighted by molar-refractivity contribution is -0.289. The second-order valence-electron chi connectivity index (χ2n) is 9.50. The van der Waals surface area contributed by atoms with E-state index in [-0.39, 0.29) is 10.9 Å². The Kier molecular flexibility index (Phi) is 5.67. The Hall–Kier alpha value is -3.26. The fourth-order valence-electron chi connectivity index (χ4n) is 5.22. The molecule has 1 spiro atoms. The van der Waals surface area contributed by atoms with Gasteiger partial charge >= 0.3 is 12.1 Å². The van der Waals surface area contributed by atoms with Crippen molar-refractivity contribution in [1.29, 1.82) is 5.26 Å². The van der Waals surface area contributed by atoms with Crippen molar-refractivity contribution in [3.8, 4) is 6.07 Å². The van der Waals surface area contributed by atoms with Crippen molar-refractivity contribution >= 4 is 11.3 Å². The first kappa shape index (κ1) is 23.5. The number of hydrogen-bond acceptors (Lipinski definition) is 5. The molecule has 2 fully saturated rings. The molecule has 5 rings (SSSR count). The van der Waals surface area contributed by atoms with Gasteiger partial charge in [0.2, 0.25) is 0 Å². The average Bonchev–Trinajstić information content (AvgIpc) is 3.53. The van der Waals surface area contributed by atoms with Crippen LogP contribution in [0.15, 0.2) is 42.9 Å². The van der Waals surface area contributed by atoms with Crippen LogP contribution in [0.2, 0.25) is 0 Å². The van der Waals surface area contributed by atoms with Crippen molar-refractivity contribution in [1.82, 2.24) is 19.5 Å². The Morgan fingerprint density at radius 2 is 1.71 bits per heavy atom. The molecule has 0 N–H and O–H groups in total. The minimum absolute atomic E-state index is 0.00796. The van der Waals surface area contributed by atoms with Crippen LogP contribution in [-0.2, 0) is 18.9 Å². The van der Waals surface area contributed by atoms with Gasteiger partial charge in [-0.25, -0.2) is 9.50 Å². The van der Waals surface area contributed by atoms with Gasteiger partial charge in [0, 0.05) is 37.8 Å². The number of hydrogen-bond donors (Lipinski definition) is 0. The van der Waals surface area contributed by atoms with Crippen LogP contribution in [0.25, 0.3) is 5.52 Å². The third-order valence-corrected chi connectivity index (χ3v) is 7.07. The number of rotatable bonds is 5.